The molecule has 0 spiro atoms. The van der Waals surface area contributed by atoms with Gasteiger partial charge in [-0.25, -0.2) is 0 Å². The van der Waals surface area contributed by atoms with Gasteiger partial charge in [-0.3, -0.25) is 14.8 Å². The molecule has 2 aromatic heterocycles. The summed E-state index contributed by atoms with van der Waals surface area (Å²) in [5.41, 5.74) is 0.830. The third-order valence-electron chi connectivity index (χ3n) is 3.69. The van der Waals surface area contributed by atoms with Gasteiger partial charge in [0.25, 0.3) is 5.89 Å². The Kier molecular flexibility index (Phi) is 4.41. The van der Waals surface area contributed by atoms with Crippen molar-refractivity contribution in [1.29, 1.82) is 0 Å². The molecule has 2 heterocycles. The minimum atomic E-state index is -0.484. The number of aryl methyl sites for hydroxylation is 1. The van der Waals surface area contributed by atoms with E-state index in [0.29, 0.717) is 27.9 Å². The smallest absolute Gasteiger partial charge is 0.309 e. The summed E-state index contributed by atoms with van der Waals surface area (Å²) in [7, 11) is 1.53. The Balaban J connectivity index is 1.95. The molecule has 1 atom stereocenters. The number of nitro groups is 1. The number of methoxy groups -OCH3 is 1. The molecule has 1 aromatic carbocycles. The minimum Gasteiger partial charge on any atom is -0.496 e. The van der Waals surface area contributed by atoms with Crippen molar-refractivity contribution < 1.29 is 14.2 Å². The first kappa shape index (κ1) is 16.9. The van der Waals surface area contributed by atoms with Gasteiger partial charge in [0.1, 0.15) is 23.7 Å². The molecule has 0 aliphatic carbocycles. The molecule has 0 aliphatic rings. The highest BCUT2D eigenvalue weighted by molar-refractivity contribution is 6.30. The summed E-state index contributed by atoms with van der Waals surface area (Å²) in [6.07, 6.45) is 1.34. The average molecular weight is 364 g/mol. The van der Waals surface area contributed by atoms with Gasteiger partial charge in [0, 0.05) is 5.02 Å². The molecular weight excluding hydrogens is 350 g/mol. The minimum absolute atomic E-state index is 0.0666. The molecule has 10 heteroatoms. The van der Waals surface area contributed by atoms with E-state index in [1.54, 1.807) is 32.0 Å². The average Bonchev–Trinajstić information content (AvgIpc) is 3.21. The molecule has 0 amide bonds. The second kappa shape index (κ2) is 6.52. The molecule has 0 fully saturated rings. The first-order valence-corrected chi connectivity index (χ1v) is 7.66. The summed E-state index contributed by atoms with van der Waals surface area (Å²) < 4.78 is 12.0. The fourth-order valence-electron chi connectivity index (χ4n) is 2.33. The van der Waals surface area contributed by atoms with Crippen LogP contribution in [0.3, 0.4) is 0 Å². The molecule has 0 aliphatic heterocycles. The topological polar surface area (TPSA) is 109 Å². The van der Waals surface area contributed by atoms with Crippen LogP contribution >= 0.6 is 11.6 Å². The van der Waals surface area contributed by atoms with Crippen molar-refractivity contribution in [3.05, 3.63) is 51.1 Å². The lowest BCUT2D eigenvalue weighted by Crippen LogP contribution is -2.08. The Bertz CT molecular complexity index is 936. The Morgan fingerprint density at radius 3 is 2.84 bits per heavy atom. The molecule has 3 aromatic rings. The monoisotopic (exact) mass is 363 g/mol. The van der Waals surface area contributed by atoms with Gasteiger partial charge in [-0.1, -0.05) is 16.8 Å². The second-order valence-corrected chi connectivity index (χ2v) is 5.75. The normalized spacial score (nSPS) is 12.2. The number of benzene rings is 1. The van der Waals surface area contributed by atoms with E-state index in [-0.39, 0.29) is 11.6 Å². The van der Waals surface area contributed by atoms with E-state index >= 15 is 0 Å². The predicted octanol–water partition coefficient (Wildman–Crippen LogP) is 3.42. The summed E-state index contributed by atoms with van der Waals surface area (Å²) in [6.45, 7) is 3.32. The van der Waals surface area contributed by atoms with Gasteiger partial charge in [0.15, 0.2) is 0 Å². The molecule has 130 valence electrons. The van der Waals surface area contributed by atoms with Gasteiger partial charge >= 0.3 is 5.69 Å². The summed E-state index contributed by atoms with van der Waals surface area (Å²) in [5.74, 6) is 1.11. The zero-order chi connectivity index (χ0) is 18.1. The maximum atomic E-state index is 11.0. The van der Waals surface area contributed by atoms with Crippen LogP contribution in [0.5, 0.6) is 5.75 Å². The molecule has 0 saturated carbocycles. The third-order valence-corrected chi connectivity index (χ3v) is 3.92. The predicted molar refractivity (Wildman–Crippen MR) is 88.7 cm³/mol. The first-order valence-electron chi connectivity index (χ1n) is 7.28. The molecule has 3 rings (SSSR count). The van der Waals surface area contributed by atoms with Crippen LogP contribution in [0.25, 0.3) is 11.4 Å². The SMILES string of the molecule is COc1ccc(Cl)cc1-c1noc(C(C)n2cc([N+](=O)[O-])c(C)n2)n1. The lowest BCUT2D eigenvalue weighted by atomic mass is 10.2. The maximum Gasteiger partial charge on any atom is 0.309 e. The molecule has 1 unspecified atom stereocenters. The quantitative estimate of drug-likeness (QED) is 0.504. The number of halogens is 1. The molecule has 0 bridgehead atoms. The van der Waals surface area contributed by atoms with E-state index in [1.807, 2.05) is 0 Å². The lowest BCUT2D eigenvalue weighted by Gasteiger charge is -2.06. The third kappa shape index (κ3) is 3.18. The Hall–Kier alpha value is -2.94. The number of hydrogen-bond donors (Lipinski definition) is 0. The highest BCUT2D eigenvalue weighted by Gasteiger charge is 2.23. The van der Waals surface area contributed by atoms with E-state index in [1.165, 1.54) is 18.0 Å². The number of hydrogen-bond acceptors (Lipinski definition) is 7. The highest BCUT2D eigenvalue weighted by Crippen LogP contribution is 2.31. The molecule has 0 radical (unpaired) electrons. The van der Waals surface area contributed by atoms with Crippen molar-refractivity contribution in [3.8, 4) is 17.1 Å². The van der Waals surface area contributed by atoms with Gasteiger partial charge in [-0.15, -0.1) is 0 Å². The second-order valence-electron chi connectivity index (χ2n) is 5.31. The number of rotatable bonds is 5. The van der Waals surface area contributed by atoms with E-state index in [4.69, 9.17) is 20.9 Å². The van der Waals surface area contributed by atoms with Crippen molar-refractivity contribution in [2.75, 3.05) is 7.11 Å². The van der Waals surface area contributed by atoms with Crippen molar-refractivity contribution in [2.24, 2.45) is 0 Å². The van der Waals surface area contributed by atoms with Crippen molar-refractivity contribution in [3.63, 3.8) is 0 Å². The molecule has 25 heavy (non-hydrogen) atoms. The first-order chi connectivity index (χ1) is 11.9. The van der Waals surface area contributed by atoms with Crippen LogP contribution in [0.1, 0.15) is 24.6 Å². The van der Waals surface area contributed by atoms with Crippen LogP contribution in [-0.4, -0.2) is 32.0 Å². The number of nitrogens with zero attached hydrogens (tertiary/aromatic N) is 5. The van der Waals surface area contributed by atoms with Crippen LogP contribution < -0.4 is 4.74 Å². The largest absolute Gasteiger partial charge is 0.496 e. The van der Waals surface area contributed by atoms with Crippen molar-refractivity contribution in [2.45, 2.75) is 19.9 Å². The standard InChI is InChI=1S/C15H14ClN5O4/c1-8-12(21(22)23)7-20(18-8)9(2)15-17-14(19-25-15)11-6-10(16)4-5-13(11)24-3/h4-7,9H,1-3H3. The fraction of sp³-hybridized carbons (Fsp3) is 0.267. The maximum absolute atomic E-state index is 11.0. The summed E-state index contributed by atoms with van der Waals surface area (Å²) in [4.78, 5) is 14.8. The van der Waals surface area contributed by atoms with E-state index in [2.05, 4.69) is 15.2 Å². The summed E-state index contributed by atoms with van der Waals surface area (Å²) in [6, 6.07) is 4.60. The van der Waals surface area contributed by atoms with E-state index in [9.17, 15) is 10.1 Å². The Morgan fingerprint density at radius 1 is 1.44 bits per heavy atom. The number of aromatic nitrogens is 4. The molecule has 0 saturated heterocycles. The van der Waals surface area contributed by atoms with Gasteiger partial charge in [0.2, 0.25) is 5.82 Å². The Labute approximate surface area is 147 Å². The van der Waals surface area contributed by atoms with Crippen LogP contribution in [0.2, 0.25) is 5.02 Å². The summed E-state index contributed by atoms with van der Waals surface area (Å²) in [5, 5.41) is 19.6. The zero-order valence-corrected chi connectivity index (χ0v) is 14.4. The van der Waals surface area contributed by atoms with E-state index in [0.717, 1.165) is 0 Å². The Morgan fingerprint density at radius 2 is 2.20 bits per heavy atom. The van der Waals surface area contributed by atoms with Gasteiger partial charge in [0.05, 0.1) is 17.6 Å². The van der Waals surface area contributed by atoms with Crippen LogP contribution in [0.15, 0.2) is 28.9 Å². The van der Waals surface area contributed by atoms with Crippen molar-refractivity contribution >= 4 is 17.3 Å². The van der Waals surface area contributed by atoms with Gasteiger partial charge in [-0.05, 0) is 32.0 Å². The molecular formula is C15H14ClN5O4. The van der Waals surface area contributed by atoms with E-state index < -0.39 is 11.0 Å². The van der Waals surface area contributed by atoms with Crippen LogP contribution in [-0.2, 0) is 0 Å². The number of ether oxygens (including phenoxy) is 1. The summed E-state index contributed by atoms with van der Waals surface area (Å²) >= 11 is 6.02. The van der Waals surface area contributed by atoms with Crippen LogP contribution in [0, 0.1) is 17.0 Å². The zero-order valence-electron chi connectivity index (χ0n) is 13.6. The van der Waals surface area contributed by atoms with Crippen LogP contribution in [0.4, 0.5) is 5.69 Å². The molecule has 9 nitrogen and oxygen atoms in total. The van der Waals surface area contributed by atoms with Crippen molar-refractivity contribution in [1.82, 2.24) is 19.9 Å². The molecule has 0 N–H and O–H groups in total. The van der Waals surface area contributed by atoms with Gasteiger partial charge in [-0.2, -0.15) is 10.1 Å². The lowest BCUT2D eigenvalue weighted by molar-refractivity contribution is -0.385. The highest BCUT2D eigenvalue weighted by atomic mass is 35.5. The van der Waals surface area contributed by atoms with Gasteiger partial charge < -0.3 is 9.26 Å². The fourth-order valence-corrected chi connectivity index (χ4v) is 2.50.